The van der Waals surface area contributed by atoms with E-state index in [1.807, 2.05) is 0 Å². The summed E-state index contributed by atoms with van der Waals surface area (Å²) in [5.74, 6) is -1.29. The molecule has 0 spiro atoms. The Hall–Kier alpha value is -3.76. The molecule has 0 saturated heterocycles. The number of rotatable bonds is 6. The zero-order chi connectivity index (χ0) is 23.8. The third-order valence-electron chi connectivity index (χ3n) is 5.53. The maximum atomic E-state index is 13.5. The van der Waals surface area contributed by atoms with E-state index in [0.29, 0.717) is 33.0 Å². The van der Waals surface area contributed by atoms with Crippen molar-refractivity contribution in [3.8, 4) is 11.5 Å². The summed E-state index contributed by atoms with van der Waals surface area (Å²) in [5, 5.41) is 18.7. The maximum Gasteiger partial charge on any atom is 0.314 e. The van der Waals surface area contributed by atoms with Crippen LogP contribution >= 0.6 is 11.6 Å². The summed E-state index contributed by atoms with van der Waals surface area (Å²) in [4.78, 5) is 23.4. The number of benzene rings is 2. The fourth-order valence-corrected chi connectivity index (χ4v) is 4.15. The molecule has 2 unspecified atom stereocenters. The number of aliphatic hydroxyl groups is 1. The Morgan fingerprint density at radius 1 is 1.12 bits per heavy atom. The van der Waals surface area contributed by atoms with Crippen molar-refractivity contribution in [2.45, 2.75) is 25.1 Å². The summed E-state index contributed by atoms with van der Waals surface area (Å²) < 4.78 is 30.6. The van der Waals surface area contributed by atoms with E-state index in [1.54, 1.807) is 36.4 Å². The van der Waals surface area contributed by atoms with Crippen LogP contribution in [-0.2, 0) is 6.54 Å². The van der Waals surface area contributed by atoms with Crippen molar-refractivity contribution in [3.05, 3.63) is 94.4 Å². The van der Waals surface area contributed by atoms with Crippen molar-refractivity contribution in [2.24, 2.45) is 0 Å². The minimum Gasteiger partial charge on any atom is -0.415 e. The first-order valence-electron chi connectivity index (χ1n) is 10.2. The Balaban J connectivity index is 1.51. The first-order valence-corrected chi connectivity index (χ1v) is 10.6. The zero-order valence-electron chi connectivity index (χ0n) is 17.3. The van der Waals surface area contributed by atoms with E-state index in [9.17, 15) is 18.7 Å². The van der Waals surface area contributed by atoms with Crippen LogP contribution in [-0.4, -0.2) is 36.1 Å². The van der Waals surface area contributed by atoms with Crippen LogP contribution in [0.15, 0.2) is 65.5 Å². The SMILES string of the molecule is O=C1c2cc(-c3nnc(C(F)F)o3)ccc2CN1C(c1cnccn1)C(O)c1cccc(Cl)c1. The molecule has 2 aromatic carbocycles. The summed E-state index contributed by atoms with van der Waals surface area (Å²) in [6, 6.07) is 10.7. The van der Waals surface area contributed by atoms with E-state index >= 15 is 0 Å². The molecule has 3 heterocycles. The van der Waals surface area contributed by atoms with Gasteiger partial charge in [-0.15, -0.1) is 10.2 Å². The van der Waals surface area contributed by atoms with E-state index in [0.717, 1.165) is 0 Å². The van der Waals surface area contributed by atoms with Crippen LogP contribution in [0.3, 0.4) is 0 Å². The Labute approximate surface area is 196 Å². The molecule has 2 aromatic heterocycles. The molecule has 0 aliphatic carbocycles. The van der Waals surface area contributed by atoms with Crippen molar-refractivity contribution in [1.29, 1.82) is 0 Å². The molecular weight excluding hydrogens is 468 g/mol. The highest BCUT2D eigenvalue weighted by Gasteiger charge is 2.39. The highest BCUT2D eigenvalue weighted by atomic mass is 35.5. The summed E-state index contributed by atoms with van der Waals surface area (Å²) in [6.45, 7) is 0.194. The predicted octanol–water partition coefficient (Wildman–Crippen LogP) is 4.55. The fraction of sp³-hybridized carbons (Fsp3) is 0.174. The predicted molar refractivity (Wildman–Crippen MR) is 116 cm³/mol. The Morgan fingerprint density at radius 2 is 1.97 bits per heavy atom. The highest BCUT2D eigenvalue weighted by molar-refractivity contribution is 6.30. The average Bonchev–Trinajstić information content (AvgIpc) is 3.46. The van der Waals surface area contributed by atoms with Gasteiger partial charge < -0.3 is 14.4 Å². The number of alkyl halides is 2. The number of aliphatic hydroxyl groups excluding tert-OH is 1. The first-order chi connectivity index (χ1) is 16.4. The normalized spacial score (nSPS) is 15.0. The molecule has 5 rings (SSSR count). The van der Waals surface area contributed by atoms with Gasteiger partial charge in [-0.1, -0.05) is 29.8 Å². The fourth-order valence-electron chi connectivity index (χ4n) is 3.95. The number of hydrogen-bond acceptors (Lipinski definition) is 7. The molecule has 0 saturated carbocycles. The molecule has 1 aliphatic rings. The zero-order valence-corrected chi connectivity index (χ0v) is 18.1. The molecule has 4 aromatic rings. The Kier molecular flexibility index (Phi) is 5.76. The van der Waals surface area contributed by atoms with Gasteiger partial charge in [0.25, 0.3) is 11.8 Å². The van der Waals surface area contributed by atoms with Crippen molar-refractivity contribution < 1.29 is 23.1 Å². The van der Waals surface area contributed by atoms with Crippen LogP contribution in [0.5, 0.6) is 0 Å². The van der Waals surface area contributed by atoms with Crippen LogP contribution in [0.25, 0.3) is 11.5 Å². The Morgan fingerprint density at radius 3 is 2.68 bits per heavy atom. The van der Waals surface area contributed by atoms with Crippen LogP contribution in [0.1, 0.15) is 51.6 Å². The minimum atomic E-state index is -2.89. The van der Waals surface area contributed by atoms with E-state index < -0.39 is 24.5 Å². The van der Waals surface area contributed by atoms with Gasteiger partial charge in [0.15, 0.2) is 0 Å². The topological polar surface area (TPSA) is 105 Å². The molecule has 8 nitrogen and oxygen atoms in total. The van der Waals surface area contributed by atoms with Crippen molar-refractivity contribution in [3.63, 3.8) is 0 Å². The lowest BCUT2D eigenvalue weighted by molar-refractivity contribution is 0.0346. The molecule has 1 amide bonds. The van der Waals surface area contributed by atoms with Gasteiger partial charge in [0.05, 0.1) is 11.9 Å². The maximum absolute atomic E-state index is 13.5. The summed E-state index contributed by atoms with van der Waals surface area (Å²) >= 11 is 6.11. The standard InChI is InChI=1S/C23H16ClF2N5O3/c24-15-3-1-2-12(8-15)19(32)18(17-10-27-6-7-28-17)31-11-14-5-4-13(9-16(14)23(31)33)21-29-30-22(34-21)20(25)26/h1-10,18-20,32H,11H2. The van der Waals surface area contributed by atoms with Crippen LogP contribution in [0.4, 0.5) is 8.78 Å². The number of halogens is 3. The van der Waals surface area contributed by atoms with Gasteiger partial charge in [-0.05, 0) is 35.4 Å². The number of hydrogen-bond donors (Lipinski definition) is 1. The number of fused-ring (bicyclic) bond motifs is 1. The molecular formula is C23H16ClF2N5O3. The molecule has 172 valence electrons. The summed E-state index contributed by atoms with van der Waals surface area (Å²) in [7, 11) is 0. The van der Waals surface area contributed by atoms with Gasteiger partial charge in [-0.25, -0.2) is 0 Å². The summed E-state index contributed by atoms with van der Waals surface area (Å²) in [6.07, 6.45) is 0.433. The smallest absolute Gasteiger partial charge is 0.314 e. The largest absolute Gasteiger partial charge is 0.415 e. The van der Waals surface area contributed by atoms with Gasteiger partial charge in [0.1, 0.15) is 12.1 Å². The van der Waals surface area contributed by atoms with Crippen LogP contribution in [0, 0.1) is 0 Å². The summed E-state index contributed by atoms with van der Waals surface area (Å²) in [5.41, 5.74) is 2.27. The molecule has 0 radical (unpaired) electrons. The molecule has 11 heteroatoms. The molecule has 2 atom stereocenters. The van der Waals surface area contributed by atoms with Crippen molar-refractivity contribution in [1.82, 2.24) is 25.1 Å². The lowest BCUT2D eigenvalue weighted by atomic mass is 9.98. The number of nitrogens with zero attached hydrogens (tertiary/aromatic N) is 5. The second-order valence-electron chi connectivity index (χ2n) is 7.63. The van der Waals surface area contributed by atoms with Crippen molar-refractivity contribution >= 4 is 17.5 Å². The van der Waals surface area contributed by atoms with Gasteiger partial charge in [0, 0.05) is 35.1 Å². The number of amides is 1. The lowest BCUT2D eigenvalue weighted by Crippen LogP contribution is -2.34. The third kappa shape index (κ3) is 4.02. The second kappa shape index (κ2) is 8.88. The van der Waals surface area contributed by atoms with Gasteiger partial charge in [-0.3, -0.25) is 14.8 Å². The van der Waals surface area contributed by atoms with E-state index in [4.69, 9.17) is 16.0 Å². The Bertz CT molecular complexity index is 1350. The van der Waals surface area contributed by atoms with Crippen molar-refractivity contribution in [2.75, 3.05) is 0 Å². The first kappa shape index (κ1) is 22.1. The monoisotopic (exact) mass is 483 g/mol. The lowest BCUT2D eigenvalue weighted by Gasteiger charge is -2.31. The minimum absolute atomic E-state index is 0.117. The molecule has 1 N–H and O–H groups in total. The third-order valence-corrected chi connectivity index (χ3v) is 5.76. The average molecular weight is 484 g/mol. The number of carbonyl (C=O) groups is 1. The van der Waals surface area contributed by atoms with Gasteiger partial charge in [0.2, 0.25) is 5.89 Å². The second-order valence-corrected chi connectivity index (χ2v) is 8.06. The van der Waals surface area contributed by atoms with Gasteiger partial charge >= 0.3 is 6.43 Å². The van der Waals surface area contributed by atoms with Crippen LogP contribution in [0.2, 0.25) is 5.02 Å². The van der Waals surface area contributed by atoms with Crippen LogP contribution < -0.4 is 0 Å². The molecule has 0 bridgehead atoms. The van der Waals surface area contributed by atoms with E-state index in [-0.39, 0.29) is 18.3 Å². The highest BCUT2D eigenvalue weighted by Crippen LogP contribution is 2.39. The number of carbonyl (C=O) groups excluding carboxylic acids is 1. The molecule has 0 fully saturated rings. The van der Waals surface area contributed by atoms with E-state index in [2.05, 4.69) is 20.2 Å². The van der Waals surface area contributed by atoms with E-state index in [1.165, 1.54) is 29.6 Å². The molecule has 34 heavy (non-hydrogen) atoms. The molecule has 1 aliphatic heterocycles. The number of aromatic nitrogens is 4. The van der Waals surface area contributed by atoms with Gasteiger partial charge in [-0.2, -0.15) is 8.78 Å². The quantitative estimate of drug-likeness (QED) is 0.429.